The summed E-state index contributed by atoms with van der Waals surface area (Å²) in [5, 5.41) is 4.06. The first-order chi connectivity index (χ1) is 17.2. The third kappa shape index (κ3) is 6.97. The summed E-state index contributed by atoms with van der Waals surface area (Å²) in [7, 11) is -4.36. The summed E-state index contributed by atoms with van der Waals surface area (Å²) in [6.45, 7) is 7.16. The monoisotopic (exact) mass is 531 g/mol. The summed E-state index contributed by atoms with van der Waals surface area (Å²) in [4.78, 5) is 12.6. The number of halogens is 3. The highest BCUT2D eigenvalue weighted by Gasteiger charge is 2.33. The fourth-order valence-electron chi connectivity index (χ4n) is 3.46. The first-order valence-electron chi connectivity index (χ1n) is 11.4. The zero-order valence-corrected chi connectivity index (χ0v) is 21.7. The Morgan fingerprint density at radius 2 is 1.51 bits per heavy atom. The van der Waals surface area contributed by atoms with Crippen molar-refractivity contribution >= 4 is 27.3 Å². The highest BCUT2D eigenvalue weighted by atomic mass is 32.2. The van der Waals surface area contributed by atoms with E-state index in [-0.39, 0.29) is 16.0 Å². The molecule has 0 aliphatic carbocycles. The van der Waals surface area contributed by atoms with E-state index < -0.39 is 34.2 Å². The van der Waals surface area contributed by atoms with Gasteiger partial charge < -0.3 is 0 Å². The van der Waals surface area contributed by atoms with Crippen molar-refractivity contribution in [3.63, 3.8) is 0 Å². The number of sulfonamides is 1. The Balaban J connectivity index is 1.88. The Morgan fingerprint density at radius 1 is 0.892 bits per heavy atom. The molecule has 0 aromatic heterocycles. The number of nitrogens with one attached hydrogen (secondary N) is 1. The molecule has 0 aliphatic rings. The number of alkyl halides is 3. The number of amides is 1. The first-order valence-corrected chi connectivity index (χ1v) is 12.8. The molecule has 10 heteroatoms. The van der Waals surface area contributed by atoms with Crippen LogP contribution in [0.3, 0.4) is 0 Å². The molecule has 0 heterocycles. The molecule has 6 nitrogen and oxygen atoms in total. The predicted octanol–water partition coefficient (Wildman–Crippen LogP) is 5.74. The van der Waals surface area contributed by atoms with Gasteiger partial charge >= 0.3 is 6.18 Å². The molecule has 1 amide bonds. The average molecular weight is 532 g/mol. The normalized spacial score (nSPS) is 12.8. The fourth-order valence-corrected chi connectivity index (χ4v) is 4.89. The van der Waals surface area contributed by atoms with Crippen molar-refractivity contribution in [2.24, 2.45) is 5.10 Å². The minimum atomic E-state index is -4.69. The highest BCUT2D eigenvalue weighted by Crippen LogP contribution is 2.33. The van der Waals surface area contributed by atoms with Gasteiger partial charge in [-0.2, -0.15) is 18.3 Å². The summed E-state index contributed by atoms with van der Waals surface area (Å²) in [6.07, 6.45) is -4.69. The molecule has 1 N–H and O–H groups in total. The van der Waals surface area contributed by atoms with E-state index in [0.717, 1.165) is 23.3 Å². The Morgan fingerprint density at radius 3 is 2.08 bits per heavy atom. The standard InChI is InChI=1S/C27H28F3N3O3S/c1-19(20-13-15-21(16-14-20)26(2,3)4)31-32-25(34)18-33(37(35,36)24-11-6-5-7-12-24)23-10-8-9-22(17-23)27(28,29)30/h5-17H,18H2,1-4H3,(H,32,34)/b31-19-. The van der Waals surface area contributed by atoms with Gasteiger partial charge in [0.2, 0.25) is 0 Å². The molecule has 0 radical (unpaired) electrons. The van der Waals surface area contributed by atoms with Crippen LogP contribution in [0, 0.1) is 0 Å². The number of anilines is 1. The first kappa shape index (κ1) is 27.9. The van der Waals surface area contributed by atoms with Gasteiger partial charge in [-0.05, 0) is 53.8 Å². The molecular formula is C27H28F3N3O3S. The van der Waals surface area contributed by atoms with Crippen molar-refractivity contribution in [3.05, 3.63) is 95.6 Å². The van der Waals surface area contributed by atoms with E-state index in [4.69, 9.17) is 0 Å². The summed E-state index contributed by atoms with van der Waals surface area (Å²) < 4.78 is 67.2. The van der Waals surface area contributed by atoms with Crippen molar-refractivity contribution in [1.82, 2.24) is 5.43 Å². The van der Waals surface area contributed by atoms with E-state index in [1.807, 2.05) is 24.3 Å². The van der Waals surface area contributed by atoms with Crippen LogP contribution in [0.5, 0.6) is 0 Å². The van der Waals surface area contributed by atoms with Crippen LogP contribution in [0.4, 0.5) is 18.9 Å². The molecule has 3 rings (SSSR count). The van der Waals surface area contributed by atoms with E-state index in [0.29, 0.717) is 16.1 Å². The van der Waals surface area contributed by atoms with E-state index in [9.17, 15) is 26.4 Å². The number of carbonyl (C=O) groups excluding carboxylic acids is 1. The Kier molecular flexibility index (Phi) is 8.12. The number of benzene rings is 3. The van der Waals surface area contributed by atoms with Crippen molar-refractivity contribution in [2.75, 3.05) is 10.8 Å². The Hall–Kier alpha value is -3.66. The Bertz CT molecular complexity index is 1380. The van der Waals surface area contributed by atoms with Gasteiger partial charge in [0.15, 0.2) is 0 Å². The topological polar surface area (TPSA) is 78.8 Å². The third-order valence-electron chi connectivity index (χ3n) is 5.60. The zero-order valence-electron chi connectivity index (χ0n) is 20.9. The molecule has 0 spiro atoms. The van der Waals surface area contributed by atoms with Crippen molar-refractivity contribution in [2.45, 2.75) is 44.2 Å². The second-order valence-corrected chi connectivity index (χ2v) is 11.3. The smallest absolute Gasteiger partial charge is 0.271 e. The third-order valence-corrected chi connectivity index (χ3v) is 7.38. The number of rotatable bonds is 7. The maximum atomic E-state index is 13.3. The van der Waals surface area contributed by atoms with E-state index in [2.05, 4.69) is 31.3 Å². The molecule has 0 fully saturated rings. The van der Waals surface area contributed by atoms with Gasteiger partial charge in [-0.1, -0.05) is 69.3 Å². The molecule has 0 atom stereocenters. The van der Waals surface area contributed by atoms with Gasteiger partial charge in [0.1, 0.15) is 6.54 Å². The van der Waals surface area contributed by atoms with Crippen LogP contribution in [-0.2, 0) is 26.4 Å². The van der Waals surface area contributed by atoms with Crippen LogP contribution >= 0.6 is 0 Å². The molecule has 0 unspecified atom stereocenters. The van der Waals surface area contributed by atoms with Gasteiger partial charge in [0.25, 0.3) is 15.9 Å². The number of nitrogens with zero attached hydrogens (tertiary/aromatic N) is 2. The molecule has 0 saturated heterocycles. The van der Waals surface area contributed by atoms with Crippen molar-refractivity contribution in [1.29, 1.82) is 0 Å². The van der Waals surface area contributed by atoms with Crippen LogP contribution < -0.4 is 9.73 Å². The zero-order chi connectivity index (χ0) is 27.4. The van der Waals surface area contributed by atoms with E-state index in [1.54, 1.807) is 13.0 Å². The second kappa shape index (κ2) is 10.8. The fraction of sp³-hybridized carbons (Fsp3) is 0.259. The second-order valence-electron chi connectivity index (χ2n) is 9.43. The molecule has 3 aromatic carbocycles. The highest BCUT2D eigenvalue weighted by molar-refractivity contribution is 7.92. The van der Waals surface area contributed by atoms with Crippen LogP contribution in [0.25, 0.3) is 0 Å². The molecule has 196 valence electrons. The van der Waals surface area contributed by atoms with Gasteiger partial charge in [-0.3, -0.25) is 9.10 Å². The molecule has 37 heavy (non-hydrogen) atoms. The lowest BCUT2D eigenvalue weighted by atomic mass is 9.86. The lowest BCUT2D eigenvalue weighted by Gasteiger charge is -2.24. The molecule has 0 aliphatic heterocycles. The SMILES string of the molecule is C/C(=N/NC(=O)CN(c1cccc(C(F)(F)F)c1)S(=O)(=O)c1ccccc1)c1ccc(C(C)(C)C)cc1. The lowest BCUT2D eigenvalue weighted by molar-refractivity contribution is -0.137. The van der Waals surface area contributed by atoms with E-state index >= 15 is 0 Å². The van der Waals surface area contributed by atoms with Crippen LogP contribution in [0.15, 0.2) is 88.9 Å². The summed E-state index contributed by atoms with van der Waals surface area (Å²) >= 11 is 0. The number of carbonyl (C=O) groups is 1. The minimum Gasteiger partial charge on any atom is -0.271 e. The number of hydrogen-bond donors (Lipinski definition) is 1. The van der Waals surface area contributed by atoms with Gasteiger partial charge in [0, 0.05) is 0 Å². The summed E-state index contributed by atoms with van der Waals surface area (Å²) in [5.41, 5.74) is 3.30. The number of hydrogen-bond acceptors (Lipinski definition) is 4. The summed E-state index contributed by atoms with van der Waals surface area (Å²) in [6, 6.07) is 18.6. The quantitative estimate of drug-likeness (QED) is 0.312. The minimum absolute atomic E-state index is 0.0328. The molecule has 3 aromatic rings. The van der Waals surface area contributed by atoms with Crippen molar-refractivity contribution < 1.29 is 26.4 Å². The largest absolute Gasteiger partial charge is 0.416 e. The summed E-state index contributed by atoms with van der Waals surface area (Å²) in [5.74, 6) is -0.817. The maximum Gasteiger partial charge on any atom is 0.416 e. The molecular weight excluding hydrogens is 503 g/mol. The predicted molar refractivity (Wildman–Crippen MR) is 138 cm³/mol. The van der Waals surface area contributed by atoms with Gasteiger partial charge in [-0.25, -0.2) is 13.8 Å². The molecule has 0 bridgehead atoms. The lowest BCUT2D eigenvalue weighted by Crippen LogP contribution is -2.39. The Labute approximate surface area is 214 Å². The van der Waals surface area contributed by atoms with E-state index in [1.165, 1.54) is 30.3 Å². The molecule has 0 saturated carbocycles. The van der Waals surface area contributed by atoms with Gasteiger partial charge in [-0.15, -0.1) is 0 Å². The van der Waals surface area contributed by atoms with Crippen LogP contribution in [-0.4, -0.2) is 26.6 Å². The van der Waals surface area contributed by atoms with Gasteiger partial charge in [0.05, 0.1) is 21.9 Å². The number of hydrazone groups is 1. The van der Waals surface area contributed by atoms with Crippen LogP contribution in [0.1, 0.15) is 44.4 Å². The van der Waals surface area contributed by atoms with Crippen LogP contribution in [0.2, 0.25) is 0 Å². The van der Waals surface area contributed by atoms with Crippen molar-refractivity contribution in [3.8, 4) is 0 Å². The maximum absolute atomic E-state index is 13.3. The average Bonchev–Trinajstić information content (AvgIpc) is 2.85.